The third kappa shape index (κ3) is 2.79. The molecule has 0 amide bonds. The highest BCUT2D eigenvalue weighted by atomic mass is 79.9. The second-order valence-corrected chi connectivity index (χ2v) is 7.78. The first-order valence-electron chi connectivity index (χ1n) is 9.46. The van der Waals surface area contributed by atoms with Crippen LogP contribution in [0.5, 0.6) is 0 Å². The fourth-order valence-corrected chi connectivity index (χ4v) is 4.83. The molecule has 0 aliphatic rings. The maximum Gasteiger partial charge on any atom is 0.177 e. The summed E-state index contributed by atoms with van der Waals surface area (Å²) in [5, 5.41) is 0. The molecule has 3 nitrogen and oxygen atoms in total. The highest BCUT2D eigenvalue weighted by Gasteiger charge is 2.41. The molecular weight excluding hydrogens is 422 g/mol. The van der Waals surface area contributed by atoms with Gasteiger partial charge in [-0.3, -0.25) is 0 Å². The molecule has 4 heteroatoms. The van der Waals surface area contributed by atoms with E-state index in [1.54, 1.807) is 6.33 Å². The number of hydrogen-bond donors (Lipinski definition) is 1. The molecule has 0 fully saturated rings. The number of pyridine rings is 1. The Bertz CT molecular complexity index is 1150. The molecule has 0 unspecified atom stereocenters. The first kappa shape index (κ1) is 17.8. The molecule has 1 N–H and O–H groups in total. The van der Waals surface area contributed by atoms with Crippen molar-refractivity contribution in [2.24, 2.45) is 0 Å². The minimum absolute atomic E-state index is 0.545. The number of nitrogens with zero attached hydrogens (tertiary/aromatic N) is 2. The van der Waals surface area contributed by atoms with Crippen LogP contribution in [0.25, 0.3) is 11.2 Å². The van der Waals surface area contributed by atoms with E-state index in [2.05, 4.69) is 122 Å². The summed E-state index contributed by atoms with van der Waals surface area (Å²) in [4.78, 5) is 12.3. The maximum atomic E-state index is 4.51. The zero-order valence-electron chi connectivity index (χ0n) is 15.6. The van der Waals surface area contributed by atoms with Crippen molar-refractivity contribution >= 4 is 27.1 Å². The summed E-state index contributed by atoms with van der Waals surface area (Å²) in [6.45, 7) is 0. The number of halogens is 1. The normalized spacial score (nSPS) is 11.6. The first-order chi connectivity index (χ1) is 14.3. The number of H-pyrrole nitrogens is 1. The lowest BCUT2D eigenvalue weighted by atomic mass is 9.65. The van der Waals surface area contributed by atoms with Crippen molar-refractivity contribution in [3.8, 4) is 0 Å². The Hall–Kier alpha value is -3.24. The number of aromatic amines is 1. The van der Waals surface area contributed by atoms with Crippen molar-refractivity contribution in [1.82, 2.24) is 15.0 Å². The lowest BCUT2D eigenvalue weighted by Gasteiger charge is -2.37. The molecule has 0 aliphatic heterocycles. The first-order valence-corrected chi connectivity index (χ1v) is 10.3. The van der Waals surface area contributed by atoms with Gasteiger partial charge in [-0.25, -0.2) is 9.97 Å². The fourth-order valence-electron chi connectivity index (χ4n) is 4.23. The molecular formula is C25H18BrN3. The number of aromatic nitrogens is 3. The number of nitrogens with one attached hydrogen (secondary N) is 1. The van der Waals surface area contributed by atoms with Gasteiger partial charge in [-0.15, -0.1) is 0 Å². The van der Waals surface area contributed by atoms with E-state index in [0.717, 1.165) is 15.6 Å². The van der Waals surface area contributed by atoms with E-state index >= 15 is 0 Å². The number of rotatable bonds is 4. The van der Waals surface area contributed by atoms with Crippen LogP contribution in [0.2, 0.25) is 0 Å². The van der Waals surface area contributed by atoms with Gasteiger partial charge in [0, 0.05) is 16.2 Å². The molecule has 0 atom stereocenters. The molecule has 140 valence electrons. The van der Waals surface area contributed by atoms with Crippen molar-refractivity contribution in [1.29, 1.82) is 0 Å². The summed E-state index contributed by atoms with van der Waals surface area (Å²) in [7, 11) is 0. The van der Waals surface area contributed by atoms with E-state index in [1.807, 2.05) is 6.20 Å². The van der Waals surface area contributed by atoms with Gasteiger partial charge >= 0.3 is 0 Å². The molecule has 0 spiro atoms. The molecule has 0 saturated heterocycles. The van der Waals surface area contributed by atoms with Gasteiger partial charge in [-0.2, -0.15) is 0 Å². The van der Waals surface area contributed by atoms with Crippen LogP contribution in [0.1, 0.15) is 22.3 Å². The van der Waals surface area contributed by atoms with Crippen molar-refractivity contribution in [3.63, 3.8) is 0 Å². The summed E-state index contributed by atoms with van der Waals surface area (Å²) in [5.74, 6) is 0. The Labute approximate surface area is 177 Å². The second kappa shape index (κ2) is 7.30. The predicted molar refractivity (Wildman–Crippen MR) is 120 cm³/mol. The lowest BCUT2D eigenvalue weighted by molar-refractivity contribution is 0.745. The molecule has 2 aromatic heterocycles. The highest BCUT2D eigenvalue weighted by Crippen LogP contribution is 2.49. The van der Waals surface area contributed by atoms with Gasteiger partial charge < -0.3 is 4.98 Å². The van der Waals surface area contributed by atoms with E-state index in [9.17, 15) is 0 Å². The van der Waals surface area contributed by atoms with E-state index in [-0.39, 0.29) is 0 Å². The van der Waals surface area contributed by atoms with Crippen LogP contribution in [0, 0.1) is 0 Å². The quantitative estimate of drug-likeness (QED) is 0.343. The van der Waals surface area contributed by atoms with Gasteiger partial charge in [0.15, 0.2) is 5.65 Å². The average Bonchev–Trinajstić information content (AvgIpc) is 3.27. The third-order valence-corrected chi connectivity index (χ3v) is 6.00. The summed E-state index contributed by atoms with van der Waals surface area (Å²) in [6.07, 6.45) is 3.56. The number of hydrogen-bond acceptors (Lipinski definition) is 2. The SMILES string of the molecule is Brc1cnc2nc[nH]c2c1C(c1ccccc1)(c1ccccc1)c1ccccc1. The molecule has 5 rings (SSSR count). The molecule has 29 heavy (non-hydrogen) atoms. The van der Waals surface area contributed by atoms with E-state index in [4.69, 9.17) is 0 Å². The van der Waals surface area contributed by atoms with E-state index in [0.29, 0.717) is 5.65 Å². The Balaban J connectivity index is 2.02. The van der Waals surface area contributed by atoms with E-state index in [1.165, 1.54) is 16.7 Å². The largest absolute Gasteiger partial charge is 0.343 e. The number of fused-ring (bicyclic) bond motifs is 1. The van der Waals surface area contributed by atoms with Gasteiger partial charge in [-0.1, -0.05) is 91.0 Å². The monoisotopic (exact) mass is 439 g/mol. The summed E-state index contributed by atoms with van der Waals surface area (Å²) >= 11 is 3.82. The van der Waals surface area contributed by atoms with Crippen LogP contribution in [0.4, 0.5) is 0 Å². The molecule has 0 saturated carbocycles. The standard InChI is InChI=1S/C25H18BrN3/c26-21-16-27-24-23(28-17-29-24)22(21)25(18-10-4-1-5-11-18,19-12-6-2-7-13-19)20-14-8-3-9-15-20/h1-17H,(H,27,28,29). The molecule has 0 aliphatic carbocycles. The second-order valence-electron chi connectivity index (χ2n) is 6.93. The topological polar surface area (TPSA) is 41.6 Å². The zero-order valence-corrected chi connectivity index (χ0v) is 17.2. The van der Waals surface area contributed by atoms with Gasteiger partial charge in [0.05, 0.1) is 17.3 Å². The molecule has 2 heterocycles. The van der Waals surface area contributed by atoms with Gasteiger partial charge in [-0.05, 0) is 32.6 Å². The minimum atomic E-state index is -0.545. The molecule has 3 aromatic carbocycles. The number of imidazole rings is 1. The summed E-state index contributed by atoms with van der Waals surface area (Å²) in [5.41, 5.74) is 5.73. The Morgan fingerprint density at radius 1 is 0.655 bits per heavy atom. The van der Waals surface area contributed by atoms with Crippen molar-refractivity contribution < 1.29 is 0 Å². The number of benzene rings is 3. The van der Waals surface area contributed by atoms with Gasteiger partial charge in [0.1, 0.15) is 0 Å². The average molecular weight is 440 g/mol. The van der Waals surface area contributed by atoms with Crippen LogP contribution < -0.4 is 0 Å². The van der Waals surface area contributed by atoms with Crippen LogP contribution in [0.15, 0.2) is 108 Å². The molecule has 0 radical (unpaired) electrons. The van der Waals surface area contributed by atoms with Crippen LogP contribution in [-0.2, 0) is 5.41 Å². The zero-order chi connectivity index (χ0) is 19.7. The van der Waals surface area contributed by atoms with Crippen molar-refractivity contribution in [2.75, 3.05) is 0 Å². The lowest BCUT2D eigenvalue weighted by Crippen LogP contribution is -2.32. The highest BCUT2D eigenvalue weighted by molar-refractivity contribution is 9.10. The van der Waals surface area contributed by atoms with Crippen LogP contribution >= 0.6 is 15.9 Å². The summed E-state index contributed by atoms with van der Waals surface area (Å²) in [6, 6.07) is 31.9. The van der Waals surface area contributed by atoms with Crippen LogP contribution in [-0.4, -0.2) is 15.0 Å². The Morgan fingerprint density at radius 3 is 1.62 bits per heavy atom. The van der Waals surface area contributed by atoms with Crippen molar-refractivity contribution in [3.05, 3.63) is 130 Å². The Morgan fingerprint density at radius 2 is 1.14 bits per heavy atom. The predicted octanol–water partition coefficient (Wildman–Crippen LogP) is 6.10. The van der Waals surface area contributed by atoms with E-state index < -0.39 is 5.41 Å². The van der Waals surface area contributed by atoms with Gasteiger partial charge in [0.2, 0.25) is 0 Å². The summed E-state index contributed by atoms with van der Waals surface area (Å²) < 4.78 is 0.936. The van der Waals surface area contributed by atoms with Gasteiger partial charge in [0.25, 0.3) is 0 Å². The minimum Gasteiger partial charge on any atom is -0.343 e. The third-order valence-electron chi connectivity index (χ3n) is 5.40. The fraction of sp³-hybridized carbons (Fsp3) is 0.0400. The van der Waals surface area contributed by atoms with Crippen LogP contribution in [0.3, 0.4) is 0 Å². The smallest absolute Gasteiger partial charge is 0.177 e. The van der Waals surface area contributed by atoms with Crippen molar-refractivity contribution in [2.45, 2.75) is 5.41 Å². The molecule has 5 aromatic rings. The maximum absolute atomic E-state index is 4.51. The Kier molecular flexibility index (Phi) is 4.49. The molecule has 0 bridgehead atoms.